The molecule has 0 N–H and O–H groups in total. The molecule has 1 aromatic rings. The lowest BCUT2D eigenvalue weighted by atomic mass is 9.68. The number of ether oxygens (including phenoxy) is 3. The average molecular weight is 352 g/mol. The summed E-state index contributed by atoms with van der Waals surface area (Å²) < 4.78 is 16.6. The summed E-state index contributed by atoms with van der Waals surface area (Å²) in [6.45, 7) is 1.13. The summed E-state index contributed by atoms with van der Waals surface area (Å²) in [4.78, 5) is 32.8. The van der Waals surface area contributed by atoms with Crippen LogP contribution < -0.4 is 0 Å². The van der Waals surface area contributed by atoms with Gasteiger partial charge in [0.05, 0.1) is 31.6 Å². The van der Waals surface area contributed by atoms with E-state index in [2.05, 4.69) is 9.97 Å². The van der Waals surface area contributed by atoms with Crippen LogP contribution in [0.3, 0.4) is 0 Å². The number of hydrogen-bond acceptors (Lipinski definition) is 8. The van der Waals surface area contributed by atoms with Gasteiger partial charge in [0.15, 0.2) is 17.2 Å². The molecule has 0 atom stereocenters. The van der Waals surface area contributed by atoms with Crippen LogP contribution in [-0.2, 0) is 24.4 Å². The Morgan fingerprint density at radius 1 is 1.29 bits per heavy atom. The van der Waals surface area contributed by atoms with E-state index in [4.69, 9.17) is 14.2 Å². The fraction of sp³-hybridized carbons (Fsp3) is 0.625. The summed E-state index contributed by atoms with van der Waals surface area (Å²) in [7, 11) is 1.36. The number of methoxy groups -OCH3 is 1. The number of carbonyl (C=O) groups is 2. The molecule has 1 saturated carbocycles. The van der Waals surface area contributed by atoms with Crippen molar-refractivity contribution in [2.24, 2.45) is 0 Å². The lowest BCUT2D eigenvalue weighted by Gasteiger charge is -2.41. The quantitative estimate of drug-likeness (QED) is 0.350. The van der Waals surface area contributed by atoms with Gasteiger partial charge in [-0.1, -0.05) is 11.8 Å². The van der Waals surface area contributed by atoms with E-state index in [9.17, 15) is 9.59 Å². The van der Waals surface area contributed by atoms with Gasteiger partial charge in [0, 0.05) is 19.0 Å². The van der Waals surface area contributed by atoms with E-state index in [1.54, 1.807) is 0 Å². The van der Waals surface area contributed by atoms with Crippen LogP contribution in [-0.4, -0.2) is 54.6 Å². The number of aromatic nitrogens is 2. The highest BCUT2D eigenvalue weighted by atomic mass is 32.2. The van der Waals surface area contributed by atoms with Gasteiger partial charge in [-0.05, 0) is 19.1 Å². The van der Waals surface area contributed by atoms with Crippen molar-refractivity contribution in [3.8, 4) is 0 Å². The van der Waals surface area contributed by atoms with Gasteiger partial charge in [0.1, 0.15) is 5.41 Å². The van der Waals surface area contributed by atoms with E-state index in [-0.39, 0.29) is 5.97 Å². The molecule has 2 fully saturated rings. The minimum absolute atomic E-state index is 0.322. The second-order valence-electron chi connectivity index (χ2n) is 5.96. The number of rotatable bonds is 4. The van der Waals surface area contributed by atoms with Crippen molar-refractivity contribution in [1.82, 2.24) is 9.97 Å². The first-order valence-electron chi connectivity index (χ1n) is 7.82. The summed E-state index contributed by atoms with van der Waals surface area (Å²) >= 11 is 1.36. The van der Waals surface area contributed by atoms with Crippen molar-refractivity contribution in [3.05, 3.63) is 17.5 Å². The van der Waals surface area contributed by atoms with Gasteiger partial charge in [0.2, 0.25) is 0 Å². The predicted molar refractivity (Wildman–Crippen MR) is 86.0 cm³/mol. The van der Waals surface area contributed by atoms with Crippen LogP contribution in [0.4, 0.5) is 0 Å². The Morgan fingerprint density at radius 3 is 2.50 bits per heavy atom. The molecule has 2 heterocycles. The van der Waals surface area contributed by atoms with Crippen molar-refractivity contribution in [2.45, 2.75) is 42.0 Å². The summed E-state index contributed by atoms with van der Waals surface area (Å²) in [5.41, 5.74) is -0.210. The third kappa shape index (κ3) is 2.82. The Hall–Kier alpha value is -1.51. The Labute approximate surface area is 144 Å². The molecular formula is C16H20N2O5S. The number of carbonyl (C=O) groups excluding carboxylic acids is 2. The maximum atomic E-state index is 12.7. The smallest absolute Gasteiger partial charge is 0.317 e. The normalized spacial score (nSPS) is 21.6. The van der Waals surface area contributed by atoms with Crippen LogP contribution in [0.2, 0.25) is 0 Å². The fourth-order valence-electron chi connectivity index (χ4n) is 3.52. The Morgan fingerprint density at radius 2 is 1.96 bits per heavy atom. The molecule has 1 spiro atoms. The summed E-state index contributed by atoms with van der Waals surface area (Å²) in [5.74, 6) is -1.00. The van der Waals surface area contributed by atoms with E-state index in [1.807, 2.05) is 6.26 Å². The van der Waals surface area contributed by atoms with Crippen LogP contribution in [0.25, 0.3) is 0 Å². The summed E-state index contributed by atoms with van der Waals surface area (Å²) in [5, 5.41) is 0.521. The van der Waals surface area contributed by atoms with Crippen molar-refractivity contribution >= 4 is 24.0 Å². The molecule has 0 bridgehead atoms. The van der Waals surface area contributed by atoms with Crippen LogP contribution in [0.15, 0.2) is 11.4 Å². The summed E-state index contributed by atoms with van der Waals surface area (Å²) in [6, 6.07) is 0. The molecule has 7 nitrogen and oxygen atoms in total. The van der Waals surface area contributed by atoms with Crippen molar-refractivity contribution < 1.29 is 23.8 Å². The van der Waals surface area contributed by atoms with Crippen LogP contribution in [0.5, 0.6) is 0 Å². The van der Waals surface area contributed by atoms with Gasteiger partial charge < -0.3 is 14.2 Å². The van der Waals surface area contributed by atoms with Gasteiger partial charge in [-0.2, -0.15) is 0 Å². The molecule has 1 saturated heterocycles. The lowest BCUT2D eigenvalue weighted by molar-refractivity contribution is -0.190. The van der Waals surface area contributed by atoms with Gasteiger partial charge in [0.25, 0.3) is 0 Å². The zero-order chi connectivity index (χ0) is 17.2. The van der Waals surface area contributed by atoms with Crippen molar-refractivity contribution in [1.29, 1.82) is 0 Å². The van der Waals surface area contributed by atoms with Crippen molar-refractivity contribution in [2.75, 3.05) is 26.6 Å². The molecule has 0 aromatic carbocycles. The molecule has 1 aliphatic carbocycles. The largest absolute Gasteiger partial charge is 0.468 e. The number of hydrogen-bond donors (Lipinski definition) is 0. The van der Waals surface area contributed by atoms with E-state index < -0.39 is 11.2 Å². The number of thioether (sulfide) groups is 1. The first-order valence-corrected chi connectivity index (χ1v) is 9.05. The van der Waals surface area contributed by atoms with Crippen LogP contribution >= 0.6 is 11.8 Å². The highest BCUT2D eigenvalue weighted by Crippen LogP contribution is 2.47. The third-order valence-corrected chi connectivity index (χ3v) is 5.37. The van der Waals surface area contributed by atoms with E-state index >= 15 is 0 Å². The van der Waals surface area contributed by atoms with Crippen LogP contribution in [0, 0.1) is 0 Å². The van der Waals surface area contributed by atoms with Crippen LogP contribution in [0.1, 0.15) is 41.7 Å². The molecule has 8 heteroatoms. The first-order chi connectivity index (χ1) is 11.6. The zero-order valence-electron chi connectivity index (χ0n) is 13.7. The molecule has 2 aliphatic rings. The SMILES string of the molecule is COC(=O)C1(c2nc(SC)ncc2C=O)CCC2(CC1)OCCO2. The van der Waals surface area contributed by atoms with Gasteiger partial charge in [-0.3, -0.25) is 9.59 Å². The number of aldehydes is 1. The van der Waals surface area contributed by atoms with Gasteiger partial charge in [-0.25, -0.2) is 9.97 Å². The highest BCUT2D eigenvalue weighted by Gasteiger charge is 2.53. The molecule has 130 valence electrons. The predicted octanol–water partition coefficient (Wildman–Crippen LogP) is 1.74. The molecule has 0 radical (unpaired) electrons. The topological polar surface area (TPSA) is 87.6 Å². The monoisotopic (exact) mass is 352 g/mol. The van der Waals surface area contributed by atoms with Gasteiger partial charge >= 0.3 is 5.97 Å². The first kappa shape index (κ1) is 17.3. The average Bonchev–Trinajstić information content (AvgIpc) is 3.09. The summed E-state index contributed by atoms with van der Waals surface area (Å²) in [6.07, 6.45) is 6.02. The lowest BCUT2D eigenvalue weighted by Crippen LogP contribution is -2.48. The fourth-order valence-corrected chi connectivity index (χ4v) is 3.86. The number of nitrogens with zero attached hydrogens (tertiary/aromatic N) is 2. The maximum absolute atomic E-state index is 12.7. The molecule has 1 aliphatic heterocycles. The Balaban J connectivity index is 2.02. The van der Waals surface area contributed by atoms with E-state index in [1.165, 1.54) is 25.1 Å². The number of esters is 1. The highest BCUT2D eigenvalue weighted by molar-refractivity contribution is 7.98. The molecule has 3 rings (SSSR count). The zero-order valence-corrected chi connectivity index (χ0v) is 14.6. The second-order valence-corrected chi connectivity index (χ2v) is 6.73. The third-order valence-electron chi connectivity index (χ3n) is 4.81. The molecule has 0 unspecified atom stereocenters. The van der Waals surface area contributed by atoms with Gasteiger partial charge in [-0.15, -0.1) is 0 Å². The van der Waals surface area contributed by atoms with Crippen molar-refractivity contribution in [3.63, 3.8) is 0 Å². The Bertz CT molecular complexity index is 635. The second kappa shape index (κ2) is 6.78. The molecule has 1 aromatic heterocycles. The molecule has 0 amide bonds. The standard InChI is InChI=1S/C16H20N2O5S/c1-21-13(20)15(3-5-16(6-4-15)22-7-8-23-16)12-11(10-19)9-17-14(18-12)24-2/h9-10H,3-8H2,1-2H3. The van der Waals surface area contributed by atoms with E-state index in [0.717, 1.165) is 0 Å². The Kier molecular flexibility index (Phi) is 4.89. The van der Waals surface area contributed by atoms with E-state index in [0.29, 0.717) is 61.6 Å². The minimum atomic E-state index is -0.973. The molecular weight excluding hydrogens is 332 g/mol. The maximum Gasteiger partial charge on any atom is 0.317 e. The minimum Gasteiger partial charge on any atom is -0.468 e. The molecule has 24 heavy (non-hydrogen) atoms.